The number of alkyl halides is 3. The van der Waals surface area contributed by atoms with E-state index >= 15 is 0 Å². The Bertz CT molecular complexity index is 897. The molecular formula is C22H22F4N2O. The van der Waals surface area contributed by atoms with Crippen LogP contribution in [0.3, 0.4) is 0 Å². The van der Waals surface area contributed by atoms with Gasteiger partial charge in [-0.05, 0) is 28.7 Å². The highest BCUT2D eigenvalue weighted by molar-refractivity contribution is 5.80. The zero-order valence-electron chi connectivity index (χ0n) is 15.7. The molecule has 2 aromatic carbocycles. The van der Waals surface area contributed by atoms with Crippen LogP contribution >= 0.6 is 0 Å². The zero-order valence-corrected chi connectivity index (χ0v) is 15.7. The van der Waals surface area contributed by atoms with Gasteiger partial charge in [0.25, 0.3) is 0 Å². The van der Waals surface area contributed by atoms with Crippen LogP contribution in [0.1, 0.15) is 47.9 Å². The summed E-state index contributed by atoms with van der Waals surface area (Å²) in [7, 11) is 0. The van der Waals surface area contributed by atoms with Gasteiger partial charge in [-0.2, -0.15) is 0 Å². The van der Waals surface area contributed by atoms with Crippen molar-refractivity contribution in [3.63, 3.8) is 0 Å². The van der Waals surface area contributed by atoms with Crippen LogP contribution < -0.4 is 5.73 Å². The number of likely N-dealkylation sites (tertiary alicyclic amines) is 1. The lowest BCUT2D eigenvalue weighted by Gasteiger charge is -2.36. The molecule has 29 heavy (non-hydrogen) atoms. The number of amides is 1. The van der Waals surface area contributed by atoms with E-state index in [-0.39, 0.29) is 31.4 Å². The molecule has 3 nitrogen and oxygen atoms in total. The van der Waals surface area contributed by atoms with Crippen LogP contribution in [0.15, 0.2) is 48.5 Å². The van der Waals surface area contributed by atoms with Gasteiger partial charge < -0.3 is 5.73 Å². The number of nitrogens with zero attached hydrogens (tertiary/aromatic N) is 1. The Kier molecular flexibility index (Phi) is 5.11. The highest BCUT2D eigenvalue weighted by Gasteiger charge is 2.47. The number of benzene rings is 2. The van der Waals surface area contributed by atoms with Crippen LogP contribution in [0, 0.1) is 5.82 Å². The third-order valence-electron chi connectivity index (χ3n) is 5.93. The third kappa shape index (κ3) is 3.88. The number of nitrogens with two attached hydrogens (primary N) is 1. The largest absolute Gasteiger partial charge is 0.368 e. The minimum atomic E-state index is -2.73. The number of carbonyl (C=O) groups is 1. The predicted molar refractivity (Wildman–Crippen MR) is 101 cm³/mol. The monoisotopic (exact) mass is 406 g/mol. The third-order valence-corrected chi connectivity index (χ3v) is 5.93. The van der Waals surface area contributed by atoms with Crippen molar-refractivity contribution in [1.82, 2.24) is 4.90 Å². The van der Waals surface area contributed by atoms with Gasteiger partial charge >= 0.3 is 0 Å². The standard InChI is InChI=1S/C22H22F4N2O/c23-16-9-19(21(27)29)28(12-16)20(13-4-2-1-3-5-13)14-6-7-17(18(24)8-14)15-10-22(25,26)11-15/h1-8,15-16,19-20H,9-12H2,(H2,27,29)/t16?,19?,20-/m1/s1. The number of halogens is 4. The molecule has 4 rings (SSSR count). The van der Waals surface area contributed by atoms with E-state index in [0.717, 1.165) is 5.56 Å². The number of primary amides is 1. The second kappa shape index (κ2) is 7.44. The van der Waals surface area contributed by atoms with E-state index in [1.54, 1.807) is 11.0 Å². The van der Waals surface area contributed by atoms with Crippen molar-refractivity contribution >= 4 is 5.91 Å². The van der Waals surface area contributed by atoms with Crippen LogP contribution in [0.5, 0.6) is 0 Å². The van der Waals surface area contributed by atoms with Gasteiger partial charge in [-0.3, -0.25) is 9.69 Å². The first-order valence-electron chi connectivity index (χ1n) is 9.66. The van der Waals surface area contributed by atoms with Crippen molar-refractivity contribution < 1.29 is 22.4 Å². The average molecular weight is 406 g/mol. The summed E-state index contributed by atoms with van der Waals surface area (Å²) in [5, 5.41) is 0. The first-order valence-corrected chi connectivity index (χ1v) is 9.66. The lowest BCUT2D eigenvalue weighted by atomic mass is 9.76. The van der Waals surface area contributed by atoms with Gasteiger partial charge in [-0.1, -0.05) is 42.5 Å². The normalized spacial score (nSPS) is 25.5. The second-order valence-electron chi connectivity index (χ2n) is 8.00. The average Bonchev–Trinajstić information content (AvgIpc) is 3.03. The summed E-state index contributed by atoms with van der Waals surface area (Å²) < 4.78 is 55.4. The molecule has 0 radical (unpaired) electrons. The maximum Gasteiger partial charge on any atom is 0.249 e. The molecule has 1 aliphatic heterocycles. The maximum absolute atomic E-state index is 14.8. The van der Waals surface area contributed by atoms with E-state index in [0.29, 0.717) is 5.56 Å². The number of hydrogen-bond acceptors (Lipinski definition) is 2. The first-order chi connectivity index (χ1) is 13.7. The number of rotatable bonds is 5. The quantitative estimate of drug-likeness (QED) is 0.752. The molecule has 7 heteroatoms. The van der Waals surface area contributed by atoms with E-state index in [9.17, 15) is 22.4 Å². The SMILES string of the molecule is NC(=O)C1CC(F)CN1[C@H](c1ccccc1)c1ccc(C2CC(F)(F)C2)c(F)c1. The van der Waals surface area contributed by atoms with Crippen molar-refractivity contribution in [2.24, 2.45) is 5.73 Å². The van der Waals surface area contributed by atoms with Crippen LogP contribution in [0.2, 0.25) is 0 Å². The fourth-order valence-corrected chi connectivity index (χ4v) is 4.51. The summed E-state index contributed by atoms with van der Waals surface area (Å²) in [5.74, 6) is -4.42. The summed E-state index contributed by atoms with van der Waals surface area (Å²) in [6, 6.07) is 12.3. The predicted octanol–water partition coefficient (Wildman–Crippen LogP) is 4.33. The Morgan fingerprint density at radius 1 is 1.10 bits per heavy atom. The van der Waals surface area contributed by atoms with Crippen LogP contribution in [-0.4, -0.2) is 35.5 Å². The lowest BCUT2D eigenvalue weighted by Crippen LogP contribution is -2.42. The lowest BCUT2D eigenvalue weighted by molar-refractivity contribution is -0.122. The van der Waals surface area contributed by atoms with E-state index < -0.39 is 41.8 Å². The van der Waals surface area contributed by atoms with E-state index in [1.165, 1.54) is 12.1 Å². The van der Waals surface area contributed by atoms with Gasteiger partial charge in [0.1, 0.15) is 12.0 Å². The molecule has 3 atom stereocenters. The minimum Gasteiger partial charge on any atom is -0.368 e. The molecule has 1 saturated heterocycles. The molecular weight excluding hydrogens is 384 g/mol. The highest BCUT2D eigenvalue weighted by atomic mass is 19.3. The molecule has 0 bridgehead atoms. The van der Waals surface area contributed by atoms with E-state index in [1.807, 2.05) is 30.3 Å². The molecule has 1 saturated carbocycles. The Morgan fingerprint density at radius 3 is 2.38 bits per heavy atom. The Labute approximate surface area is 166 Å². The second-order valence-corrected chi connectivity index (χ2v) is 8.00. The molecule has 2 fully saturated rings. The molecule has 2 aromatic rings. The van der Waals surface area contributed by atoms with Crippen LogP contribution in [0.4, 0.5) is 17.6 Å². The van der Waals surface area contributed by atoms with Gasteiger partial charge in [-0.15, -0.1) is 0 Å². The van der Waals surface area contributed by atoms with Gasteiger partial charge in [0.15, 0.2) is 0 Å². The van der Waals surface area contributed by atoms with Gasteiger partial charge in [0, 0.05) is 25.8 Å². The maximum atomic E-state index is 14.8. The number of hydrogen-bond donors (Lipinski definition) is 1. The molecule has 1 aliphatic carbocycles. The zero-order chi connectivity index (χ0) is 20.8. The molecule has 1 amide bonds. The van der Waals surface area contributed by atoms with Crippen molar-refractivity contribution in [2.75, 3.05) is 6.54 Å². The fourth-order valence-electron chi connectivity index (χ4n) is 4.51. The van der Waals surface area contributed by atoms with Crippen molar-refractivity contribution in [1.29, 1.82) is 0 Å². The Morgan fingerprint density at radius 2 is 1.79 bits per heavy atom. The molecule has 154 valence electrons. The molecule has 2 N–H and O–H groups in total. The molecule has 0 aromatic heterocycles. The summed E-state index contributed by atoms with van der Waals surface area (Å²) >= 11 is 0. The molecule has 0 spiro atoms. The molecule has 2 aliphatic rings. The summed E-state index contributed by atoms with van der Waals surface area (Å²) in [6.45, 7) is 0.00534. The summed E-state index contributed by atoms with van der Waals surface area (Å²) in [5.41, 5.74) is 7.07. The van der Waals surface area contributed by atoms with Crippen molar-refractivity contribution in [2.45, 2.75) is 49.4 Å². The van der Waals surface area contributed by atoms with Crippen LogP contribution in [0.25, 0.3) is 0 Å². The van der Waals surface area contributed by atoms with Crippen LogP contribution in [-0.2, 0) is 4.79 Å². The fraction of sp³-hybridized carbons (Fsp3) is 0.409. The highest BCUT2D eigenvalue weighted by Crippen LogP contribution is 2.49. The molecule has 1 heterocycles. The van der Waals surface area contributed by atoms with Crippen molar-refractivity contribution in [3.05, 3.63) is 71.0 Å². The van der Waals surface area contributed by atoms with E-state index in [2.05, 4.69) is 0 Å². The van der Waals surface area contributed by atoms with Gasteiger partial charge in [-0.25, -0.2) is 17.6 Å². The minimum absolute atomic E-state index is 0.00358. The summed E-state index contributed by atoms with van der Waals surface area (Å²) in [6.07, 6.45) is -1.92. The van der Waals surface area contributed by atoms with Gasteiger partial charge in [0.05, 0.1) is 12.1 Å². The van der Waals surface area contributed by atoms with E-state index in [4.69, 9.17) is 5.73 Å². The topological polar surface area (TPSA) is 46.3 Å². The Balaban J connectivity index is 1.71. The molecule has 2 unspecified atom stereocenters. The van der Waals surface area contributed by atoms with Gasteiger partial charge in [0.2, 0.25) is 11.8 Å². The smallest absolute Gasteiger partial charge is 0.249 e. The van der Waals surface area contributed by atoms with Crippen molar-refractivity contribution in [3.8, 4) is 0 Å². The Hall–Kier alpha value is -2.41. The first kappa shape index (κ1) is 19.9. The number of carbonyl (C=O) groups excluding carboxylic acids is 1. The summed E-state index contributed by atoms with van der Waals surface area (Å²) in [4.78, 5) is 13.6.